The molecule has 220 valence electrons. The zero-order valence-corrected chi connectivity index (χ0v) is 26.1. The Morgan fingerprint density at radius 3 is 2.77 bits per heavy atom. The van der Waals surface area contributed by atoms with Crippen molar-refractivity contribution in [3.63, 3.8) is 0 Å². The van der Waals surface area contributed by atoms with Crippen molar-refractivity contribution < 1.29 is 14.3 Å². The Balaban J connectivity index is 1.42. The number of thioether (sulfide) groups is 1. The van der Waals surface area contributed by atoms with Crippen molar-refractivity contribution in [2.24, 2.45) is 17.1 Å². The summed E-state index contributed by atoms with van der Waals surface area (Å²) in [6.45, 7) is 4.08. The number of amides is 1. The van der Waals surface area contributed by atoms with Crippen molar-refractivity contribution in [1.29, 1.82) is 5.26 Å². The van der Waals surface area contributed by atoms with Crippen molar-refractivity contribution in [3.05, 3.63) is 87.9 Å². The van der Waals surface area contributed by atoms with Crippen LogP contribution in [0.3, 0.4) is 0 Å². The maximum atomic E-state index is 13.6. The number of ketones is 1. The van der Waals surface area contributed by atoms with Gasteiger partial charge in [-0.3, -0.25) is 14.5 Å². The van der Waals surface area contributed by atoms with E-state index in [1.807, 2.05) is 56.3 Å². The lowest BCUT2D eigenvalue weighted by Crippen LogP contribution is -2.42. The number of aromatic nitrogens is 2. The van der Waals surface area contributed by atoms with Crippen LogP contribution >= 0.6 is 34.7 Å². The quantitative estimate of drug-likeness (QED) is 0.270. The number of Topliss-reactive ketones (excluding diaryl/α,β-unsaturated/α-hetero) is 1. The predicted molar refractivity (Wildman–Crippen MR) is 171 cm³/mol. The zero-order valence-electron chi connectivity index (χ0n) is 23.8. The molecule has 0 radical (unpaired) electrons. The molecule has 1 atom stereocenters. The van der Waals surface area contributed by atoms with E-state index in [9.17, 15) is 14.9 Å². The van der Waals surface area contributed by atoms with Gasteiger partial charge >= 0.3 is 0 Å². The molecule has 2 aromatic carbocycles. The minimum Gasteiger partial charge on any atom is -0.495 e. The van der Waals surface area contributed by atoms with Crippen molar-refractivity contribution in [2.45, 2.75) is 31.0 Å². The summed E-state index contributed by atoms with van der Waals surface area (Å²) < 4.78 is 5.83. The maximum Gasteiger partial charge on any atom is 0.234 e. The van der Waals surface area contributed by atoms with Crippen LogP contribution in [0.5, 0.6) is 5.75 Å². The van der Waals surface area contributed by atoms with Gasteiger partial charge in [0, 0.05) is 28.6 Å². The van der Waals surface area contributed by atoms with Crippen molar-refractivity contribution in [2.75, 3.05) is 23.1 Å². The molecule has 3 aromatic rings. The first-order valence-corrected chi connectivity index (χ1v) is 15.6. The number of nitrogens with zero attached hydrogens (tertiary/aromatic N) is 4. The highest BCUT2D eigenvalue weighted by molar-refractivity contribution is 8.01. The maximum absolute atomic E-state index is 13.6. The molecule has 1 aliphatic heterocycles. The van der Waals surface area contributed by atoms with Crippen LogP contribution in [0.2, 0.25) is 5.02 Å². The molecule has 0 bridgehead atoms. The number of allylic oxidation sites excluding steroid dienone is 4. The lowest BCUT2D eigenvalue weighted by atomic mass is 9.70. The summed E-state index contributed by atoms with van der Waals surface area (Å²) in [5, 5.41) is 22.5. The highest BCUT2D eigenvalue weighted by atomic mass is 35.5. The number of hydrogen-bond acceptors (Lipinski definition) is 10. The highest BCUT2D eigenvalue weighted by Gasteiger charge is 2.44. The van der Waals surface area contributed by atoms with E-state index in [-0.39, 0.29) is 34.3 Å². The Hall–Kier alpha value is -4.11. The molecule has 43 heavy (non-hydrogen) atoms. The number of nitrogens with one attached hydrogen (secondary N) is 1. The summed E-state index contributed by atoms with van der Waals surface area (Å²) in [4.78, 5) is 28.0. The van der Waals surface area contributed by atoms with Gasteiger partial charge in [0.05, 0.1) is 30.2 Å². The second-order valence-electron chi connectivity index (χ2n) is 10.8. The third kappa shape index (κ3) is 6.62. The van der Waals surface area contributed by atoms with E-state index in [1.165, 1.54) is 30.2 Å². The third-order valence-corrected chi connectivity index (χ3v) is 9.33. The monoisotopic (exact) mass is 632 g/mol. The molecule has 1 aliphatic carbocycles. The number of nitriles is 1. The van der Waals surface area contributed by atoms with Crippen LogP contribution in [-0.4, -0.2) is 34.8 Å². The second kappa shape index (κ2) is 12.6. The molecule has 5 rings (SSSR count). The summed E-state index contributed by atoms with van der Waals surface area (Å²) in [6.07, 6.45) is 4.71. The Morgan fingerprint density at radius 1 is 1.28 bits per heavy atom. The van der Waals surface area contributed by atoms with Crippen molar-refractivity contribution >= 4 is 63.3 Å². The van der Waals surface area contributed by atoms with Gasteiger partial charge in [-0.1, -0.05) is 91.0 Å². The summed E-state index contributed by atoms with van der Waals surface area (Å²) in [7, 11) is 1.51. The number of ether oxygens (including phenoxy) is 1. The van der Waals surface area contributed by atoms with Gasteiger partial charge in [0.1, 0.15) is 11.6 Å². The molecular formula is C31H29ClN6O3S2. The minimum absolute atomic E-state index is 0.0218. The smallest absolute Gasteiger partial charge is 0.234 e. The van der Waals surface area contributed by atoms with E-state index < -0.39 is 5.92 Å². The van der Waals surface area contributed by atoms with Gasteiger partial charge in [0.25, 0.3) is 0 Å². The molecule has 12 heteroatoms. The fraction of sp³-hybridized carbons (Fsp3) is 0.258. The van der Waals surface area contributed by atoms with Gasteiger partial charge in [0.15, 0.2) is 10.1 Å². The number of hydrogen-bond donors (Lipinski definition) is 2. The van der Waals surface area contributed by atoms with E-state index in [1.54, 1.807) is 23.1 Å². The molecule has 1 unspecified atom stereocenters. The molecule has 1 amide bonds. The first-order valence-electron chi connectivity index (χ1n) is 13.4. The number of nitrogens with two attached hydrogens (primary N) is 1. The normalized spacial score (nSPS) is 18.1. The lowest BCUT2D eigenvalue weighted by Gasteiger charge is -2.41. The van der Waals surface area contributed by atoms with Gasteiger partial charge in [-0.05, 0) is 35.6 Å². The SMILES string of the molecule is COc1ccc(Cl)cc1NC(=O)CSc1nnc(N2C(N)=C(C#N)C(/C=C/c3ccccc3)C3=C2CC(C)(C)CC3=O)s1. The fourth-order valence-electron chi connectivity index (χ4n) is 5.18. The Bertz CT molecular complexity index is 1710. The third-order valence-electron chi connectivity index (χ3n) is 7.06. The van der Waals surface area contributed by atoms with Gasteiger partial charge < -0.3 is 15.8 Å². The second-order valence-corrected chi connectivity index (χ2v) is 13.4. The van der Waals surface area contributed by atoms with E-state index in [2.05, 4.69) is 21.6 Å². The zero-order chi connectivity index (χ0) is 30.7. The molecule has 2 heterocycles. The van der Waals surface area contributed by atoms with Crippen molar-refractivity contribution in [1.82, 2.24) is 10.2 Å². The number of carbonyl (C=O) groups excluding carboxylic acids is 2. The summed E-state index contributed by atoms with van der Waals surface area (Å²) in [5.41, 5.74) is 9.33. The molecule has 2 aliphatic rings. The molecule has 0 fully saturated rings. The van der Waals surface area contributed by atoms with Gasteiger partial charge in [-0.15, -0.1) is 10.2 Å². The molecule has 3 N–H and O–H groups in total. The molecule has 0 spiro atoms. The van der Waals surface area contributed by atoms with Crippen LogP contribution in [0.1, 0.15) is 32.3 Å². The van der Waals surface area contributed by atoms with Crippen LogP contribution in [0.15, 0.2) is 81.6 Å². The predicted octanol–water partition coefficient (Wildman–Crippen LogP) is 6.42. The molecule has 9 nitrogen and oxygen atoms in total. The van der Waals surface area contributed by atoms with E-state index in [0.717, 1.165) is 11.3 Å². The average molecular weight is 633 g/mol. The fourth-order valence-corrected chi connectivity index (χ4v) is 7.03. The minimum atomic E-state index is -0.575. The van der Waals surface area contributed by atoms with Crippen LogP contribution in [0, 0.1) is 22.7 Å². The number of carbonyl (C=O) groups is 2. The van der Waals surface area contributed by atoms with Gasteiger partial charge in [-0.2, -0.15) is 5.26 Å². The largest absolute Gasteiger partial charge is 0.495 e. The number of benzene rings is 2. The van der Waals surface area contributed by atoms with Crippen LogP contribution in [0.4, 0.5) is 10.8 Å². The number of anilines is 2. The van der Waals surface area contributed by atoms with Crippen LogP contribution in [0.25, 0.3) is 6.08 Å². The summed E-state index contributed by atoms with van der Waals surface area (Å²) in [5.74, 6) is -0.102. The van der Waals surface area contributed by atoms with Crippen LogP contribution < -0.4 is 20.7 Å². The van der Waals surface area contributed by atoms with E-state index in [0.29, 0.717) is 44.3 Å². The standard InChI is InChI=1S/C31H29ClN6O3S2/c1-31(2)14-23-27(24(39)15-31)20(11-9-18-7-5-4-6-8-18)21(16-33)28(34)38(23)29-36-37-30(43-29)42-17-26(40)35-22-13-19(32)10-12-25(22)41-3/h4-13,20H,14-15,17,34H2,1-3H3,(H,35,40)/b11-9+. The first kappa shape index (κ1) is 30.4. The van der Waals surface area contributed by atoms with Crippen molar-refractivity contribution in [3.8, 4) is 11.8 Å². The van der Waals surface area contributed by atoms with E-state index in [4.69, 9.17) is 22.1 Å². The van der Waals surface area contributed by atoms with Crippen LogP contribution in [-0.2, 0) is 9.59 Å². The van der Waals surface area contributed by atoms with E-state index >= 15 is 0 Å². The van der Waals surface area contributed by atoms with Gasteiger partial charge in [0.2, 0.25) is 11.0 Å². The summed E-state index contributed by atoms with van der Waals surface area (Å²) in [6, 6.07) is 16.9. The molecule has 1 aromatic heterocycles. The molecule has 0 saturated heterocycles. The summed E-state index contributed by atoms with van der Waals surface area (Å²) >= 11 is 8.52. The average Bonchev–Trinajstić information content (AvgIpc) is 3.43. The lowest BCUT2D eigenvalue weighted by molar-refractivity contribution is -0.118. The number of methoxy groups -OCH3 is 1. The highest BCUT2D eigenvalue weighted by Crippen LogP contribution is 2.48. The number of rotatable bonds is 8. The number of halogens is 1. The Labute approximate surface area is 263 Å². The topological polar surface area (TPSA) is 134 Å². The Kier molecular flexibility index (Phi) is 8.92. The molecule has 0 saturated carbocycles. The van der Waals surface area contributed by atoms with Gasteiger partial charge in [-0.25, -0.2) is 0 Å². The molecular weight excluding hydrogens is 604 g/mol. The first-order chi connectivity index (χ1) is 20.6. The Morgan fingerprint density at radius 2 is 2.05 bits per heavy atom.